The molecule has 3 rings (SSSR count). The summed E-state index contributed by atoms with van der Waals surface area (Å²) in [6.45, 7) is 12.7. The van der Waals surface area contributed by atoms with Crippen LogP contribution < -0.4 is 4.74 Å². The lowest BCUT2D eigenvalue weighted by molar-refractivity contribution is -0.129. The third kappa shape index (κ3) is 6.14. The maximum absolute atomic E-state index is 13.3. The zero-order chi connectivity index (χ0) is 26.1. The van der Waals surface area contributed by atoms with Gasteiger partial charge in [0.05, 0.1) is 16.3 Å². The fourth-order valence-electron chi connectivity index (χ4n) is 3.67. The molecule has 0 saturated heterocycles. The third-order valence-electron chi connectivity index (χ3n) is 6.03. The van der Waals surface area contributed by atoms with Crippen LogP contribution in [0.25, 0.3) is 11.5 Å². The van der Waals surface area contributed by atoms with Crippen molar-refractivity contribution in [2.75, 3.05) is 0 Å². The van der Waals surface area contributed by atoms with Gasteiger partial charge in [-0.05, 0) is 69.7 Å². The van der Waals surface area contributed by atoms with Crippen LogP contribution >= 0.6 is 23.2 Å². The summed E-state index contributed by atoms with van der Waals surface area (Å²) < 4.78 is 12.0. The van der Waals surface area contributed by atoms with Crippen LogP contribution in [0.15, 0.2) is 40.8 Å². The molecule has 0 amide bonds. The summed E-state index contributed by atoms with van der Waals surface area (Å²) in [5.74, 6) is 1.41. The van der Waals surface area contributed by atoms with Gasteiger partial charge in [0.1, 0.15) is 11.5 Å². The van der Waals surface area contributed by atoms with Crippen molar-refractivity contribution in [2.45, 2.75) is 66.4 Å². The molecule has 0 fully saturated rings. The maximum atomic E-state index is 13.3. The van der Waals surface area contributed by atoms with Crippen molar-refractivity contribution in [3.05, 3.63) is 69.0 Å². The lowest BCUT2D eigenvalue weighted by Crippen LogP contribution is -2.36. The first-order valence-electron chi connectivity index (χ1n) is 11.6. The van der Waals surface area contributed by atoms with E-state index in [2.05, 4.69) is 0 Å². The van der Waals surface area contributed by atoms with E-state index in [0.717, 1.165) is 17.0 Å². The summed E-state index contributed by atoms with van der Waals surface area (Å²) in [5, 5.41) is 0.987. The van der Waals surface area contributed by atoms with E-state index in [1.807, 2.05) is 27.7 Å². The number of hydrogen-bond donors (Lipinski definition) is 0. The van der Waals surface area contributed by atoms with Crippen molar-refractivity contribution < 1.29 is 18.7 Å². The van der Waals surface area contributed by atoms with E-state index in [9.17, 15) is 9.59 Å². The first-order valence-corrected chi connectivity index (χ1v) is 12.4. The Bertz CT molecular complexity index is 1260. The monoisotopic (exact) mass is 515 g/mol. The maximum Gasteiger partial charge on any atom is 0.228 e. The van der Waals surface area contributed by atoms with Gasteiger partial charge in [0.15, 0.2) is 17.2 Å². The molecule has 0 spiro atoms. The van der Waals surface area contributed by atoms with Gasteiger partial charge in [-0.25, -0.2) is 4.98 Å². The number of aromatic nitrogens is 1. The van der Waals surface area contributed by atoms with Crippen molar-refractivity contribution in [2.24, 2.45) is 5.92 Å². The van der Waals surface area contributed by atoms with Gasteiger partial charge in [0, 0.05) is 28.8 Å². The minimum atomic E-state index is -0.936. The normalized spacial score (nSPS) is 12.6. The summed E-state index contributed by atoms with van der Waals surface area (Å²) in [6.07, 6.45) is 0.426. The lowest BCUT2D eigenvalue weighted by Gasteiger charge is -2.24. The van der Waals surface area contributed by atoms with E-state index in [1.165, 1.54) is 6.92 Å². The Morgan fingerprint density at radius 3 is 2.34 bits per heavy atom. The Morgan fingerprint density at radius 1 is 1.09 bits per heavy atom. The Labute approximate surface area is 216 Å². The highest BCUT2D eigenvalue weighted by Crippen LogP contribution is 2.34. The van der Waals surface area contributed by atoms with Crippen LogP contribution in [0.5, 0.6) is 5.75 Å². The van der Waals surface area contributed by atoms with Crippen LogP contribution in [-0.2, 0) is 11.2 Å². The van der Waals surface area contributed by atoms with E-state index in [0.29, 0.717) is 39.2 Å². The number of nitrogens with zero attached hydrogens (tertiary/aromatic N) is 1. The number of oxazole rings is 1. The molecule has 1 atom stereocenters. The van der Waals surface area contributed by atoms with Gasteiger partial charge in [-0.3, -0.25) is 9.59 Å². The first-order chi connectivity index (χ1) is 16.3. The van der Waals surface area contributed by atoms with Crippen molar-refractivity contribution in [3.63, 3.8) is 0 Å². The van der Waals surface area contributed by atoms with Crippen LogP contribution in [0.1, 0.15) is 74.8 Å². The second-order valence-corrected chi connectivity index (χ2v) is 10.6. The van der Waals surface area contributed by atoms with E-state index in [4.69, 9.17) is 37.3 Å². The van der Waals surface area contributed by atoms with Crippen molar-refractivity contribution in [1.82, 2.24) is 4.98 Å². The number of benzene rings is 2. The molecule has 3 aromatic rings. The number of halogens is 2. The predicted molar refractivity (Wildman–Crippen MR) is 140 cm³/mol. The van der Waals surface area contributed by atoms with Gasteiger partial charge in [0.25, 0.3) is 0 Å². The molecule has 0 N–H and O–H groups in total. The van der Waals surface area contributed by atoms with Gasteiger partial charge in [0.2, 0.25) is 5.89 Å². The standard InChI is InChI=1S/C28H31Cl2NO4/c1-15(2)26-23(31-27(34-26)21-10-9-20(29)14-22(21)30)13-17(4)25(33)19-8-11-24(16(3)12-19)35-28(6,7)18(5)32/h8-12,14-15,17H,13H2,1-7H3. The van der Waals surface area contributed by atoms with E-state index >= 15 is 0 Å². The SMILES string of the molecule is CC(=O)C(C)(C)Oc1ccc(C(=O)C(C)Cc2nc(-c3ccc(Cl)cc3Cl)oc2C(C)C)cc1C. The second kappa shape index (κ2) is 10.5. The van der Waals surface area contributed by atoms with Gasteiger partial charge in [-0.1, -0.05) is 44.0 Å². The molecule has 7 heteroatoms. The number of carbonyl (C=O) groups excluding carboxylic acids is 2. The Kier molecular flexibility index (Phi) is 8.13. The molecule has 1 heterocycles. The average Bonchev–Trinajstić information content (AvgIpc) is 3.18. The topological polar surface area (TPSA) is 69.4 Å². The Balaban J connectivity index is 1.83. The van der Waals surface area contributed by atoms with Gasteiger partial charge >= 0.3 is 0 Å². The van der Waals surface area contributed by atoms with Crippen LogP contribution in [0.3, 0.4) is 0 Å². The highest BCUT2D eigenvalue weighted by molar-refractivity contribution is 6.36. The average molecular weight is 516 g/mol. The molecule has 1 aromatic heterocycles. The second-order valence-electron chi connectivity index (χ2n) is 9.73. The molecule has 1 unspecified atom stereocenters. The fourth-order valence-corrected chi connectivity index (χ4v) is 4.16. The summed E-state index contributed by atoms with van der Waals surface area (Å²) in [4.78, 5) is 29.8. The van der Waals surface area contributed by atoms with Gasteiger partial charge in [-0.2, -0.15) is 0 Å². The molecule has 0 aliphatic carbocycles. The van der Waals surface area contributed by atoms with E-state index < -0.39 is 5.60 Å². The summed E-state index contributed by atoms with van der Waals surface area (Å²) in [7, 11) is 0. The zero-order valence-electron chi connectivity index (χ0n) is 21.2. The molecule has 186 valence electrons. The van der Waals surface area contributed by atoms with Gasteiger partial charge in [-0.15, -0.1) is 0 Å². The lowest BCUT2D eigenvalue weighted by atomic mass is 9.92. The molecular formula is C28H31Cl2NO4. The Morgan fingerprint density at radius 2 is 1.77 bits per heavy atom. The number of aryl methyl sites for hydroxylation is 1. The third-order valence-corrected chi connectivity index (χ3v) is 6.58. The van der Waals surface area contributed by atoms with Crippen LogP contribution in [-0.4, -0.2) is 22.2 Å². The predicted octanol–water partition coefficient (Wildman–Crippen LogP) is 7.89. The number of hydrogen-bond acceptors (Lipinski definition) is 5. The number of ketones is 2. The van der Waals surface area contributed by atoms with Crippen LogP contribution in [0.2, 0.25) is 10.0 Å². The number of ether oxygens (including phenoxy) is 1. The van der Waals surface area contributed by atoms with Crippen molar-refractivity contribution >= 4 is 34.8 Å². The molecule has 35 heavy (non-hydrogen) atoms. The molecule has 0 aliphatic rings. The summed E-state index contributed by atoms with van der Waals surface area (Å²) in [5.41, 5.74) is 1.83. The molecule has 0 saturated carbocycles. The van der Waals surface area contributed by atoms with Crippen LogP contribution in [0.4, 0.5) is 0 Å². The molecule has 5 nitrogen and oxygen atoms in total. The quantitative estimate of drug-likeness (QED) is 0.271. The zero-order valence-corrected chi connectivity index (χ0v) is 22.7. The minimum absolute atomic E-state index is 0.00532. The molecule has 0 radical (unpaired) electrons. The summed E-state index contributed by atoms with van der Waals surface area (Å²) in [6, 6.07) is 10.4. The van der Waals surface area contributed by atoms with Crippen LogP contribution in [0, 0.1) is 12.8 Å². The molecular weight excluding hydrogens is 485 g/mol. The number of rotatable bonds is 9. The van der Waals surface area contributed by atoms with Gasteiger partial charge < -0.3 is 9.15 Å². The van der Waals surface area contributed by atoms with E-state index in [-0.39, 0.29) is 23.4 Å². The smallest absolute Gasteiger partial charge is 0.228 e. The Hall–Kier alpha value is -2.63. The summed E-state index contributed by atoms with van der Waals surface area (Å²) >= 11 is 12.4. The van der Waals surface area contributed by atoms with Crippen molar-refractivity contribution in [3.8, 4) is 17.2 Å². The molecule has 2 aromatic carbocycles. The molecule has 0 aliphatic heterocycles. The number of Topliss-reactive ketones (excluding diaryl/α,β-unsaturated/α-hetero) is 2. The highest BCUT2D eigenvalue weighted by atomic mass is 35.5. The fraction of sp³-hybridized carbons (Fsp3) is 0.393. The first kappa shape index (κ1) is 27.0. The van der Waals surface area contributed by atoms with E-state index in [1.54, 1.807) is 50.2 Å². The molecule has 0 bridgehead atoms. The van der Waals surface area contributed by atoms with Crippen molar-refractivity contribution in [1.29, 1.82) is 0 Å². The highest BCUT2D eigenvalue weighted by Gasteiger charge is 2.27. The minimum Gasteiger partial charge on any atom is -0.480 e. The number of carbonyl (C=O) groups is 2. The largest absolute Gasteiger partial charge is 0.480 e.